The van der Waals surface area contributed by atoms with Crippen molar-refractivity contribution >= 4 is 5.91 Å². The Hall–Kier alpha value is -0.610. The molecule has 1 aliphatic carbocycles. The first-order chi connectivity index (χ1) is 8.00. The molecule has 2 N–H and O–H groups in total. The van der Waals surface area contributed by atoms with Crippen LogP contribution in [0.3, 0.4) is 0 Å². The van der Waals surface area contributed by atoms with Crippen molar-refractivity contribution in [2.45, 2.75) is 50.1 Å². The zero-order valence-corrected chi connectivity index (χ0v) is 11.1. The van der Waals surface area contributed by atoms with Crippen LogP contribution in [0.5, 0.6) is 0 Å². The SMILES string of the molecule is CN(C)C1CCCN(C(=O)CC2(N)CCC2)C1. The molecule has 0 radical (unpaired) electrons. The molecule has 0 spiro atoms. The average molecular weight is 239 g/mol. The first-order valence-electron chi connectivity index (χ1n) is 6.73. The summed E-state index contributed by atoms with van der Waals surface area (Å²) in [6.45, 7) is 1.79. The van der Waals surface area contributed by atoms with Gasteiger partial charge in [-0.3, -0.25) is 4.79 Å². The quantitative estimate of drug-likeness (QED) is 0.793. The number of nitrogens with zero attached hydrogens (tertiary/aromatic N) is 2. The van der Waals surface area contributed by atoms with Crippen molar-refractivity contribution in [3.8, 4) is 0 Å². The van der Waals surface area contributed by atoms with Gasteiger partial charge in [0, 0.05) is 31.1 Å². The number of carbonyl (C=O) groups excluding carboxylic acids is 1. The minimum atomic E-state index is -0.178. The third-order valence-corrected chi connectivity index (χ3v) is 4.33. The molecule has 0 bridgehead atoms. The van der Waals surface area contributed by atoms with Crippen molar-refractivity contribution in [1.29, 1.82) is 0 Å². The fourth-order valence-corrected chi connectivity index (χ4v) is 2.82. The maximum atomic E-state index is 12.2. The molecule has 1 saturated carbocycles. The Bertz CT molecular complexity index is 286. The predicted octanol–water partition coefficient (Wildman–Crippen LogP) is 0.811. The third kappa shape index (κ3) is 2.99. The van der Waals surface area contributed by atoms with E-state index in [4.69, 9.17) is 5.73 Å². The Morgan fingerprint density at radius 1 is 1.41 bits per heavy atom. The maximum absolute atomic E-state index is 12.2. The minimum Gasteiger partial charge on any atom is -0.341 e. The summed E-state index contributed by atoms with van der Waals surface area (Å²) in [7, 11) is 4.18. The molecule has 0 aromatic heterocycles. The number of likely N-dealkylation sites (N-methyl/N-ethyl adjacent to an activating group) is 1. The van der Waals surface area contributed by atoms with E-state index < -0.39 is 0 Å². The van der Waals surface area contributed by atoms with Gasteiger partial charge in [0.05, 0.1) is 0 Å². The van der Waals surface area contributed by atoms with Gasteiger partial charge < -0.3 is 15.5 Å². The van der Waals surface area contributed by atoms with E-state index in [9.17, 15) is 4.79 Å². The van der Waals surface area contributed by atoms with E-state index in [1.54, 1.807) is 0 Å². The monoisotopic (exact) mass is 239 g/mol. The first-order valence-corrected chi connectivity index (χ1v) is 6.73. The van der Waals surface area contributed by atoms with Crippen molar-refractivity contribution in [3.05, 3.63) is 0 Å². The van der Waals surface area contributed by atoms with Crippen LogP contribution in [0.25, 0.3) is 0 Å². The number of piperidine rings is 1. The lowest BCUT2D eigenvalue weighted by Gasteiger charge is -2.41. The molecular weight excluding hydrogens is 214 g/mol. The molecule has 1 heterocycles. The van der Waals surface area contributed by atoms with Crippen LogP contribution >= 0.6 is 0 Å². The highest BCUT2D eigenvalue weighted by atomic mass is 16.2. The molecule has 1 aliphatic heterocycles. The van der Waals surface area contributed by atoms with E-state index in [-0.39, 0.29) is 11.4 Å². The van der Waals surface area contributed by atoms with Gasteiger partial charge >= 0.3 is 0 Å². The van der Waals surface area contributed by atoms with Crippen LogP contribution in [0.2, 0.25) is 0 Å². The number of hydrogen-bond acceptors (Lipinski definition) is 3. The second-order valence-electron chi connectivity index (χ2n) is 5.99. The Labute approximate surface area is 104 Å². The summed E-state index contributed by atoms with van der Waals surface area (Å²) in [5.41, 5.74) is 5.97. The van der Waals surface area contributed by atoms with Crippen LogP contribution < -0.4 is 5.73 Å². The highest BCUT2D eigenvalue weighted by Gasteiger charge is 2.36. The van der Waals surface area contributed by atoms with Gasteiger partial charge in [-0.25, -0.2) is 0 Å². The molecule has 0 aromatic carbocycles. The zero-order chi connectivity index (χ0) is 12.5. The van der Waals surface area contributed by atoms with E-state index in [1.165, 1.54) is 12.8 Å². The summed E-state index contributed by atoms with van der Waals surface area (Å²) in [5, 5.41) is 0. The molecule has 2 rings (SSSR count). The van der Waals surface area contributed by atoms with Crippen molar-refractivity contribution < 1.29 is 4.79 Å². The molecule has 17 heavy (non-hydrogen) atoms. The molecule has 1 unspecified atom stereocenters. The Morgan fingerprint density at radius 2 is 2.12 bits per heavy atom. The van der Waals surface area contributed by atoms with Crippen molar-refractivity contribution in [3.63, 3.8) is 0 Å². The second kappa shape index (κ2) is 4.94. The van der Waals surface area contributed by atoms with Crippen LogP contribution in [0.1, 0.15) is 38.5 Å². The summed E-state index contributed by atoms with van der Waals surface area (Å²) in [4.78, 5) is 16.4. The van der Waals surface area contributed by atoms with Gasteiger partial charge in [0.1, 0.15) is 0 Å². The molecule has 0 aromatic rings. The summed E-state index contributed by atoms with van der Waals surface area (Å²) in [6.07, 6.45) is 6.08. The topological polar surface area (TPSA) is 49.6 Å². The third-order valence-electron chi connectivity index (χ3n) is 4.33. The fraction of sp³-hybridized carbons (Fsp3) is 0.923. The van der Waals surface area contributed by atoms with E-state index >= 15 is 0 Å². The molecular formula is C13H25N3O. The number of nitrogens with two attached hydrogens (primary N) is 1. The summed E-state index contributed by atoms with van der Waals surface area (Å²) in [6, 6.07) is 0.516. The molecule has 98 valence electrons. The van der Waals surface area contributed by atoms with Crippen LogP contribution in [0.15, 0.2) is 0 Å². The molecule has 4 heteroatoms. The van der Waals surface area contributed by atoms with Gasteiger partial charge in [0.25, 0.3) is 0 Å². The summed E-state index contributed by atoms with van der Waals surface area (Å²) in [5.74, 6) is 0.263. The second-order valence-corrected chi connectivity index (χ2v) is 5.99. The first kappa shape index (κ1) is 12.8. The predicted molar refractivity (Wildman–Crippen MR) is 68.7 cm³/mol. The van der Waals surface area contributed by atoms with E-state index in [1.807, 2.05) is 4.90 Å². The number of hydrogen-bond donors (Lipinski definition) is 1. The van der Waals surface area contributed by atoms with Crippen molar-refractivity contribution in [1.82, 2.24) is 9.80 Å². The Kier molecular flexibility index (Phi) is 3.73. The van der Waals surface area contributed by atoms with E-state index in [2.05, 4.69) is 19.0 Å². The van der Waals surface area contributed by atoms with E-state index in [0.717, 1.165) is 32.4 Å². The van der Waals surface area contributed by atoms with Gasteiger partial charge in [-0.05, 0) is 46.2 Å². The lowest BCUT2D eigenvalue weighted by atomic mass is 9.75. The highest BCUT2D eigenvalue weighted by Crippen LogP contribution is 2.33. The Morgan fingerprint density at radius 3 is 2.65 bits per heavy atom. The molecule has 4 nitrogen and oxygen atoms in total. The smallest absolute Gasteiger partial charge is 0.224 e. The maximum Gasteiger partial charge on any atom is 0.224 e. The molecule has 2 fully saturated rings. The van der Waals surface area contributed by atoms with Gasteiger partial charge in [-0.2, -0.15) is 0 Å². The molecule has 1 saturated heterocycles. The number of rotatable bonds is 3. The molecule has 1 atom stereocenters. The fourth-order valence-electron chi connectivity index (χ4n) is 2.82. The van der Waals surface area contributed by atoms with E-state index in [0.29, 0.717) is 12.5 Å². The molecule has 2 aliphatic rings. The normalized spacial score (nSPS) is 28.0. The Balaban J connectivity index is 1.86. The van der Waals surface area contributed by atoms with Crippen molar-refractivity contribution in [2.24, 2.45) is 5.73 Å². The largest absolute Gasteiger partial charge is 0.341 e. The van der Waals surface area contributed by atoms with Gasteiger partial charge in [-0.15, -0.1) is 0 Å². The van der Waals surface area contributed by atoms with Gasteiger partial charge in [-0.1, -0.05) is 0 Å². The number of likely N-dealkylation sites (tertiary alicyclic amines) is 1. The number of carbonyl (C=O) groups is 1. The highest BCUT2D eigenvalue weighted by molar-refractivity contribution is 5.77. The van der Waals surface area contributed by atoms with Crippen LogP contribution in [0, 0.1) is 0 Å². The standard InChI is InChI=1S/C13H25N3O/c1-15(2)11-5-3-8-16(10-11)12(17)9-13(14)6-4-7-13/h11H,3-10,14H2,1-2H3. The lowest BCUT2D eigenvalue weighted by Crippen LogP contribution is -2.53. The summed E-state index contributed by atoms with van der Waals surface area (Å²) < 4.78 is 0. The van der Waals surface area contributed by atoms with Gasteiger partial charge in [0.2, 0.25) is 5.91 Å². The molecule has 1 amide bonds. The number of amides is 1. The van der Waals surface area contributed by atoms with Crippen LogP contribution in [-0.4, -0.2) is 54.5 Å². The van der Waals surface area contributed by atoms with Crippen LogP contribution in [-0.2, 0) is 4.79 Å². The average Bonchev–Trinajstić information content (AvgIpc) is 2.27. The van der Waals surface area contributed by atoms with Gasteiger partial charge in [0.15, 0.2) is 0 Å². The van der Waals surface area contributed by atoms with Crippen molar-refractivity contribution in [2.75, 3.05) is 27.2 Å². The summed E-state index contributed by atoms with van der Waals surface area (Å²) >= 11 is 0. The van der Waals surface area contributed by atoms with Crippen LogP contribution in [0.4, 0.5) is 0 Å². The zero-order valence-electron chi connectivity index (χ0n) is 11.1. The minimum absolute atomic E-state index is 0.178. The lowest BCUT2D eigenvalue weighted by molar-refractivity contribution is -0.135.